The monoisotopic (exact) mass is 357 g/mol. The minimum Gasteiger partial charge on any atom is -0.496 e. The van der Waals surface area contributed by atoms with Crippen molar-refractivity contribution in [3.05, 3.63) is 62.8 Å². The Morgan fingerprint density at radius 2 is 2.10 bits per heavy atom. The third-order valence-corrected chi connectivity index (χ3v) is 4.19. The summed E-state index contributed by atoms with van der Waals surface area (Å²) in [5, 5.41) is 0.592. The standard InChI is InChI=1S/C15H14BrClFNO/c1-20-14-6-5-10(17)8-11(14)13(19)7-9-3-2-4-12(18)15(9)16/h2-6,8,13H,7,19H2,1H3. The van der Waals surface area contributed by atoms with Crippen molar-refractivity contribution in [1.29, 1.82) is 0 Å². The van der Waals surface area contributed by atoms with E-state index in [4.69, 9.17) is 22.1 Å². The number of ether oxygens (including phenoxy) is 1. The van der Waals surface area contributed by atoms with Gasteiger partial charge in [0.1, 0.15) is 11.6 Å². The summed E-state index contributed by atoms with van der Waals surface area (Å²) < 4.78 is 19.2. The van der Waals surface area contributed by atoms with E-state index in [2.05, 4.69) is 15.9 Å². The fourth-order valence-corrected chi connectivity index (χ4v) is 2.65. The molecule has 1 unspecified atom stereocenters. The smallest absolute Gasteiger partial charge is 0.137 e. The molecule has 2 rings (SSSR count). The molecule has 0 saturated heterocycles. The highest BCUT2D eigenvalue weighted by Crippen LogP contribution is 2.31. The van der Waals surface area contributed by atoms with Crippen molar-refractivity contribution in [2.24, 2.45) is 5.73 Å². The van der Waals surface area contributed by atoms with Crippen molar-refractivity contribution in [2.75, 3.05) is 7.11 Å². The van der Waals surface area contributed by atoms with Crippen molar-refractivity contribution in [1.82, 2.24) is 0 Å². The van der Waals surface area contributed by atoms with Gasteiger partial charge in [0.15, 0.2) is 0 Å². The van der Waals surface area contributed by atoms with E-state index in [1.165, 1.54) is 6.07 Å². The molecule has 2 nitrogen and oxygen atoms in total. The molecule has 0 aliphatic rings. The van der Waals surface area contributed by atoms with Crippen LogP contribution in [0.4, 0.5) is 4.39 Å². The summed E-state index contributed by atoms with van der Waals surface area (Å²) >= 11 is 9.24. The van der Waals surface area contributed by atoms with Gasteiger partial charge in [-0.15, -0.1) is 0 Å². The lowest BCUT2D eigenvalue weighted by molar-refractivity contribution is 0.405. The first-order valence-corrected chi connectivity index (χ1v) is 7.22. The van der Waals surface area contributed by atoms with Crippen molar-refractivity contribution in [3.8, 4) is 5.75 Å². The molecule has 5 heteroatoms. The SMILES string of the molecule is COc1ccc(Cl)cc1C(N)Cc1cccc(F)c1Br. The van der Waals surface area contributed by atoms with E-state index < -0.39 is 0 Å². The van der Waals surface area contributed by atoms with E-state index >= 15 is 0 Å². The van der Waals surface area contributed by atoms with E-state index in [0.717, 1.165) is 11.1 Å². The van der Waals surface area contributed by atoms with E-state index in [1.807, 2.05) is 6.07 Å². The lowest BCUT2D eigenvalue weighted by Crippen LogP contribution is -2.15. The van der Waals surface area contributed by atoms with Crippen LogP contribution in [-0.4, -0.2) is 7.11 Å². The Labute approximate surface area is 130 Å². The van der Waals surface area contributed by atoms with Gasteiger partial charge >= 0.3 is 0 Å². The van der Waals surface area contributed by atoms with Crippen molar-refractivity contribution in [2.45, 2.75) is 12.5 Å². The van der Waals surface area contributed by atoms with Gasteiger partial charge in [0, 0.05) is 16.6 Å². The minimum absolute atomic E-state index is 0.298. The fraction of sp³-hybridized carbons (Fsp3) is 0.200. The molecule has 1 atom stereocenters. The Bertz CT molecular complexity index is 621. The lowest BCUT2D eigenvalue weighted by Gasteiger charge is -2.17. The second kappa shape index (κ2) is 6.57. The number of rotatable bonds is 4. The molecule has 0 heterocycles. The molecule has 0 fully saturated rings. The van der Waals surface area contributed by atoms with Crippen LogP contribution in [-0.2, 0) is 6.42 Å². The van der Waals surface area contributed by atoms with Gasteiger partial charge in [-0.25, -0.2) is 4.39 Å². The number of halogens is 3. The van der Waals surface area contributed by atoms with E-state index in [-0.39, 0.29) is 11.9 Å². The lowest BCUT2D eigenvalue weighted by atomic mass is 9.99. The zero-order valence-electron chi connectivity index (χ0n) is 10.9. The molecule has 106 valence electrons. The van der Waals surface area contributed by atoms with E-state index in [0.29, 0.717) is 21.7 Å². The Hall–Kier alpha value is -1.10. The average Bonchev–Trinajstić information content (AvgIpc) is 2.43. The second-order valence-electron chi connectivity index (χ2n) is 4.41. The molecule has 0 aromatic heterocycles. The topological polar surface area (TPSA) is 35.2 Å². The van der Waals surface area contributed by atoms with Gasteiger partial charge in [-0.2, -0.15) is 0 Å². The maximum atomic E-state index is 13.5. The van der Waals surface area contributed by atoms with Crippen molar-refractivity contribution < 1.29 is 9.13 Å². The summed E-state index contributed by atoms with van der Waals surface area (Å²) in [5.41, 5.74) is 7.82. The third kappa shape index (κ3) is 3.32. The molecule has 0 amide bonds. The second-order valence-corrected chi connectivity index (χ2v) is 5.64. The van der Waals surface area contributed by atoms with Crippen LogP contribution < -0.4 is 10.5 Å². The molecule has 2 N–H and O–H groups in total. The van der Waals surface area contributed by atoms with Gasteiger partial charge in [-0.1, -0.05) is 23.7 Å². The van der Waals surface area contributed by atoms with Crippen LogP contribution in [0.15, 0.2) is 40.9 Å². The number of nitrogens with two attached hydrogens (primary N) is 1. The third-order valence-electron chi connectivity index (χ3n) is 3.06. The minimum atomic E-state index is -0.332. The quantitative estimate of drug-likeness (QED) is 0.874. The molecule has 0 aliphatic heterocycles. The summed E-state index contributed by atoms with van der Waals surface area (Å²) in [6.07, 6.45) is 0.481. The molecular formula is C15H14BrClFNO. The number of benzene rings is 2. The van der Waals surface area contributed by atoms with Gasteiger partial charge in [0.2, 0.25) is 0 Å². The molecule has 0 radical (unpaired) electrons. The van der Waals surface area contributed by atoms with Gasteiger partial charge in [-0.3, -0.25) is 0 Å². The zero-order valence-corrected chi connectivity index (χ0v) is 13.2. The van der Waals surface area contributed by atoms with E-state index in [1.54, 1.807) is 31.4 Å². The highest BCUT2D eigenvalue weighted by Gasteiger charge is 2.15. The molecule has 0 bridgehead atoms. The highest BCUT2D eigenvalue weighted by molar-refractivity contribution is 9.10. The van der Waals surface area contributed by atoms with Crippen LogP contribution >= 0.6 is 27.5 Å². The fourth-order valence-electron chi connectivity index (χ4n) is 2.05. The van der Waals surface area contributed by atoms with Crippen molar-refractivity contribution >= 4 is 27.5 Å². The maximum absolute atomic E-state index is 13.5. The summed E-state index contributed by atoms with van der Waals surface area (Å²) in [6, 6.07) is 9.87. The molecule has 2 aromatic rings. The summed E-state index contributed by atoms with van der Waals surface area (Å²) in [6.45, 7) is 0. The van der Waals surface area contributed by atoms with Crippen LogP contribution in [0.2, 0.25) is 5.02 Å². The summed E-state index contributed by atoms with van der Waals surface area (Å²) in [7, 11) is 1.58. The molecular weight excluding hydrogens is 345 g/mol. The first-order chi connectivity index (χ1) is 9.52. The first-order valence-electron chi connectivity index (χ1n) is 6.05. The Morgan fingerprint density at radius 1 is 1.35 bits per heavy atom. The van der Waals surface area contributed by atoms with Crippen LogP contribution in [0.1, 0.15) is 17.2 Å². The summed E-state index contributed by atoms with van der Waals surface area (Å²) in [4.78, 5) is 0. The zero-order chi connectivity index (χ0) is 14.7. The molecule has 2 aromatic carbocycles. The largest absolute Gasteiger partial charge is 0.496 e. The number of hydrogen-bond donors (Lipinski definition) is 1. The number of hydrogen-bond acceptors (Lipinski definition) is 2. The average molecular weight is 359 g/mol. The van der Waals surface area contributed by atoms with Crippen LogP contribution in [0.5, 0.6) is 5.75 Å². The first kappa shape index (κ1) is 15.3. The molecule has 0 spiro atoms. The van der Waals surface area contributed by atoms with Crippen molar-refractivity contribution in [3.63, 3.8) is 0 Å². The van der Waals surface area contributed by atoms with Crippen LogP contribution in [0.3, 0.4) is 0 Å². The summed E-state index contributed by atoms with van der Waals surface area (Å²) in [5.74, 6) is 0.377. The predicted molar refractivity (Wildman–Crippen MR) is 82.7 cm³/mol. The van der Waals surface area contributed by atoms with Gasteiger partial charge in [0.05, 0.1) is 11.6 Å². The predicted octanol–water partition coefficient (Wildman–Crippen LogP) is 4.49. The normalized spacial score (nSPS) is 12.2. The van der Waals surface area contributed by atoms with Crippen LogP contribution in [0, 0.1) is 5.82 Å². The van der Waals surface area contributed by atoms with Crippen LogP contribution in [0.25, 0.3) is 0 Å². The molecule has 0 saturated carbocycles. The molecule has 0 aliphatic carbocycles. The number of methoxy groups -OCH3 is 1. The Kier molecular flexibility index (Phi) is 5.02. The Morgan fingerprint density at radius 3 is 2.80 bits per heavy atom. The Balaban J connectivity index is 2.30. The highest BCUT2D eigenvalue weighted by atomic mass is 79.9. The van der Waals surface area contributed by atoms with E-state index in [9.17, 15) is 4.39 Å². The molecule has 20 heavy (non-hydrogen) atoms. The van der Waals surface area contributed by atoms with Gasteiger partial charge in [0.25, 0.3) is 0 Å². The van der Waals surface area contributed by atoms with Gasteiger partial charge < -0.3 is 10.5 Å². The van der Waals surface area contributed by atoms with Gasteiger partial charge in [-0.05, 0) is 52.2 Å². The maximum Gasteiger partial charge on any atom is 0.137 e.